The van der Waals surface area contributed by atoms with Gasteiger partial charge in [-0.3, -0.25) is 0 Å². The Hall–Kier alpha value is -0.260. The van der Waals surface area contributed by atoms with Gasteiger partial charge in [0.15, 0.2) is 23.4 Å². The molecule has 0 heterocycles. The molecule has 0 spiro atoms. The molecule has 0 saturated carbocycles. The van der Waals surface area contributed by atoms with E-state index in [1.165, 1.54) is 27.7 Å². The predicted octanol–water partition coefficient (Wildman–Crippen LogP) is -0.887. The number of carboxylic acid groups (broad SMARTS) is 1. The molecule has 0 rings (SSSR count). The summed E-state index contributed by atoms with van der Waals surface area (Å²) in [4.78, 5) is 8.89. The van der Waals surface area contributed by atoms with Crippen LogP contribution < -0.4 is 5.11 Å². The summed E-state index contributed by atoms with van der Waals surface area (Å²) in [5.41, 5.74) is 0. The Balaban J connectivity index is 0. The van der Waals surface area contributed by atoms with Gasteiger partial charge in [-0.15, -0.1) is 0 Å². The zero-order chi connectivity index (χ0) is 14.4. The van der Waals surface area contributed by atoms with Crippen molar-refractivity contribution < 1.29 is 30.3 Å². The number of carbonyl (C=O) groups is 1. The SMILES string of the molecule is CC(=O)[O-].CC(O)[P+](C(C)O)(C(C)O)C(C)O. The summed E-state index contributed by atoms with van der Waals surface area (Å²) in [6.07, 6.45) is 0. The zero-order valence-electron chi connectivity index (χ0n) is 10.9. The average molecular weight is 270 g/mol. The van der Waals surface area contributed by atoms with Crippen molar-refractivity contribution in [3.63, 3.8) is 0 Å². The molecule has 6 nitrogen and oxygen atoms in total. The molecular formula is C10H23O6P. The first-order valence-corrected chi connectivity index (χ1v) is 7.35. The lowest BCUT2D eigenvalue weighted by Gasteiger charge is -2.36. The van der Waals surface area contributed by atoms with Crippen molar-refractivity contribution in [3.05, 3.63) is 0 Å². The molecule has 7 heteroatoms. The molecule has 4 N–H and O–H groups in total. The molecule has 0 aromatic heterocycles. The highest BCUT2D eigenvalue weighted by molar-refractivity contribution is 7.77. The lowest BCUT2D eigenvalue weighted by Crippen LogP contribution is -2.34. The molecule has 0 radical (unpaired) electrons. The zero-order valence-corrected chi connectivity index (χ0v) is 11.8. The van der Waals surface area contributed by atoms with Gasteiger partial charge < -0.3 is 30.3 Å². The largest absolute Gasteiger partial charge is 0.550 e. The number of carbonyl (C=O) groups excluding carboxylic acids is 1. The van der Waals surface area contributed by atoms with Gasteiger partial charge in [-0.2, -0.15) is 0 Å². The fourth-order valence-corrected chi connectivity index (χ4v) is 5.62. The van der Waals surface area contributed by atoms with E-state index in [4.69, 9.17) is 9.90 Å². The van der Waals surface area contributed by atoms with Crippen molar-refractivity contribution in [3.8, 4) is 0 Å². The maximum Gasteiger partial charge on any atom is 0.169 e. The van der Waals surface area contributed by atoms with Crippen LogP contribution in [0.2, 0.25) is 0 Å². The number of rotatable bonds is 4. The fraction of sp³-hybridized carbons (Fsp3) is 0.900. The van der Waals surface area contributed by atoms with Crippen molar-refractivity contribution in [2.45, 2.75) is 58.0 Å². The minimum Gasteiger partial charge on any atom is -0.550 e. The van der Waals surface area contributed by atoms with E-state index in [2.05, 4.69) is 0 Å². The lowest BCUT2D eigenvalue weighted by molar-refractivity contribution is -0.302. The molecule has 104 valence electrons. The first kappa shape index (κ1) is 19.1. The first-order valence-electron chi connectivity index (χ1n) is 5.28. The van der Waals surface area contributed by atoms with Crippen molar-refractivity contribution in [1.29, 1.82) is 0 Å². The van der Waals surface area contributed by atoms with E-state index in [1.807, 2.05) is 0 Å². The Morgan fingerprint density at radius 1 is 0.882 bits per heavy atom. The molecule has 0 saturated heterocycles. The van der Waals surface area contributed by atoms with E-state index < -0.39 is 36.6 Å². The molecule has 0 aromatic carbocycles. The maximum atomic E-state index is 9.54. The Bertz CT molecular complexity index is 185. The quantitative estimate of drug-likeness (QED) is 0.492. The normalized spacial score (nSPS) is 21.2. The van der Waals surface area contributed by atoms with Gasteiger partial charge in [0, 0.05) is 5.97 Å². The summed E-state index contributed by atoms with van der Waals surface area (Å²) in [6, 6.07) is 0. The number of aliphatic carboxylic acids is 1. The third-order valence-corrected chi connectivity index (χ3v) is 7.77. The van der Waals surface area contributed by atoms with Crippen LogP contribution in [0.3, 0.4) is 0 Å². The highest BCUT2D eigenvalue weighted by Gasteiger charge is 2.56. The molecule has 0 amide bonds. The topological polar surface area (TPSA) is 121 Å². The summed E-state index contributed by atoms with van der Waals surface area (Å²) in [6.45, 7) is 6.97. The summed E-state index contributed by atoms with van der Waals surface area (Å²) in [7, 11) is -2.56. The van der Waals surface area contributed by atoms with Crippen LogP contribution in [0.25, 0.3) is 0 Å². The minimum atomic E-state index is -2.56. The molecule has 0 aliphatic heterocycles. The lowest BCUT2D eigenvalue weighted by atomic mass is 10.8. The number of hydrogen-bond acceptors (Lipinski definition) is 6. The van der Waals surface area contributed by atoms with Gasteiger partial charge in [-0.25, -0.2) is 0 Å². The Morgan fingerprint density at radius 3 is 1.00 bits per heavy atom. The smallest absolute Gasteiger partial charge is 0.169 e. The van der Waals surface area contributed by atoms with Crippen LogP contribution in [0.1, 0.15) is 34.6 Å². The van der Waals surface area contributed by atoms with Crippen LogP contribution in [-0.4, -0.2) is 49.8 Å². The summed E-state index contributed by atoms with van der Waals surface area (Å²) < 4.78 is 0. The van der Waals surface area contributed by atoms with E-state index in [-0.39, 0.29) is 0 Å². The van der Waals surface area contributed by atoms with Crippen LogP contribution in [0.4, 0.5) is 0 Å². The van der Waals surface area contributed by atoms with Crippen molar-refractivity contribution in [1.82, 2.24) is 0 Å². The minimum absolute atomic E-state index is 0.868. The Kier molecular flexibility index (Phi) is 8.93. The highest BCUT2D eigenvalue weighted by atomic mass is 31.2. The molecule has 0 fully saturated rings. The van der Waals surface area contributed by atoms with Crippen LogP contribution in [0.5, 0.6) is 0 Å². The number of aliphatic hydroxyl groups is 4. The fourth-order valence-electron chi connectivity index (χ4n) is 1.87. The monoisotopic (exact) mass is 270 g/mol. The molecule has 0 aromatic rings. The van der Waals surface area contributed by atoms with Crippen LogP contribution in [-0.2, 0) is 4.79 Å². The second-order valence-corrected chi connectivity index (χ2v) is 8.69. The van der Waals surface area contributed by atoms with E-state index in [1.54, 1.807) is 0 Å². The summed E-state index contributed by atoms with van der Waals surface area (Å²) in [5.74, 6) is -4.56. The van der Waals surface area contributed by atoms with Gasteiger partial charge in [-0.05, 0) is 34.6 Å². The van der Waals surface area contributed by atoms with Gasteiger partial charge in [0.2, 0.25) is 0 Å². The summed E-state index contributed by atoms with van der Waals surface area (Å²) in [5, 5.41) is 47.1. The Morgan fingerprint density at radius 2 is 1.00 bits per heavy atom. The molecule has 0 bridgehead atoms. The Labute approximate surface area is 102 Å². The van der Waals surface area contributed by atoms with Gasteiger partial charge >= 0.3 is 0 Å². The first-order chi connectivity index (χ1) is 7.51. The van der Waals surface area contributed by atoms with Gasteiger partial charge in [0.25, 0.3) is 0 Å². The summed E-state index contributed by atoms with van der Waals surface area (Å²) >= 11 is 0. The molecule has 4 unspecified atom stereocenters. The van der Waals surface area contributed by atoms with Crippen LogP contribution in [0.15, 0.2) is 0 Å². The molecule has 17 heavy (non-hydrogen) atoms. The molecule has 0 aliphatic rings. The number of hydrogen-bond donors (Lipinski definition) is 4. The van der Waals surface area contributed by atoms with E-state index in [0.29, 0.717) is 0 Å². The van der Waals surface area contributed by atoms with Crippen molar-refractivity contribution >= 4 is 13.2 Å². The van der Waals surface area contributed by atoms with Gasteiger partial charge in [-0.1, -0.05) is 0 Å². The van der Waals surface area contributed by atoms with Gasteiger partial charge in [0.1, 0.15) is 7.26 Å². The highest BCUT2D eigenvalue weighted by Crippen LogP contribution is 2.70. The van der Waals surface area contributed by atoms with Crippen molar-refractivity contribution in [2.24, 2.45) is 0 Å². The van der Waals surface area contributed by atoms with E-state index in [0.717, 1.165) is 6.92 Å². The second kappa shape index (κ2) is 7.95. The van der Waals surface area contributed by atoms with Crippen LogP contribution >= 0.6 is 7.26 Å². The van der Waals surface area contributed by atoms with Crippen LogP contribution in [0, 0.1) is 0 Å². The van der Waals surface area contributed by atoms with E-state index >= 15 is 0 Å². The second-order valence-electron chi connectivity index (χ2n) is 3.91. The molecule has 0 aliphatic carbocycles. The molecule has 4 atom stereocenters. The standard InChI is InChI=1S/C8H20O4P.C2H4O2/c1-5(9)13(6(2)10,7(3)11)8(4)12;1-2(3)4/h5-12H,1-4H3;1H3,(H,3,4)/q+1;/p-1. The maximum absolute atomic E-state index is 9.54. The number of aliphatic hydroxyl groups excluding tert-OH is 4. The van der Waals surface area contributed by atoms with Crippen molar-refractivity contribution in [2.75, 3.05) is 0 Å². The average Bonchev–Trinajstić information content (AvgIpc) is 1.98. The van der Waals surface area contributed by atoms with E-state index in [9.17, 15) is 20.4 Å². The predicted molar refractivity (Wildman–Crippen MR) is 64.3 cm³/mol. The third-order valence-electron chi connectivity index (χ3n) is 2.59. The number of carboxylic acids is 1. The van der Waals surface area contributed by atoms with Gasteiger partial charge in [0.05, 0.1) is 0 Å². The third kappa shape index (κ3) is 5.27. The molecular weight excluding hydrogens is 247 g/mol.